The van der Waals surface area contributed by atoms with Gasteiger partial charge in [0.05, 0.1) is 5.02 Å². The molecule has 0 atom stereocenters. The van der Waals surface area contributed by atoms with Crippen molar-refractivity contribution in [2.24, 2.45) is 0 Å². The molecule has 0 spiro atoms. The summed E-state index contributed by atoms with van der Waals surface area (Å²) in [6, 6.07) is 3.20. The van der Waals surface area contributed by atoms with Gasteiger partial charge in [-0.2, -0.15) is 0 Å². The molecule has 0 aromatic heterocycles. The van der Waals surface area contributed by atoms with Gasteiger partial charge in [-0.3, -0.25) is 19.3 Å². The zero-order chi connectivity index (χ0) is 15.6. The van der Waals surface area contributed by atoms with Crippen molar-refractivity contribution in [3.05, 3.63) is 33.3 Å². The quantitative estimate of drug-likeness (QED) is 0.734. The zero-order valence-electron chi connectivity index (χ0n) is 11.6. The minimum atomic E-state index is -0.294. The van der Waals surface area contributed by atoms with Crippen LogP contribution in [0.3, 0.4) is 0 Å². The molecule has 4 nitrogen and oxygen atoms in total. The second-order valence-electron chi connectivity index (χ2n) is 5.01. The van der Waals surface area contributed by atoms with Crippen molar-refractivity contribution in [2.45, 2.75) is 32.6 Å². The number of benzene rings is 1. The van der Waals surface area contributed by atoms with E-state index in [4.69, 9.17) is 23.2 Å². The third-order valence-electron chi connectivity index (χ3n) is 3.49. The molecule has 0 saturated heterocycles. The van der Waals surface area contributed by atoms with Crippen molar-refractivity contribution in [3.63, 3.8) is 0 Å². The fraction of sp³-hybridized carbons (Fsp3) is 0.400. The molecule has 1 aromatic carbocycles. The standard InChI is InChI=1S/C15H15Cl2NO3/c1-9(19)18-6-2-3-13(20)15-10(4-5-14(18)21)7-11(16)8-12(15)17/h7-8H,2-6H2,1H3. The van der Waals surface area contributed by atoms with Crippen LogP contribution in [0.25, 0.3) is 0 Å². The fourth-order valence-corrected chi connectivity index (χ4v) is 3.13. The molecule has 0 bridgehead atoms. The fourth-order valence-electron chi connectivity index (χ4n) is 2.49. The van der Waals surface area contributed by atoms with Gasteiger partial charge in [0.2, 0.25) is 11.8 Å². The van der Waals surface area contributed by atoms with Gasteiger partial charge in [0.25, 0.3) is 0 Å². The molecular formula is C15H15Cl2NO3. The number of hydrogen-bond donors (Lipinski definition) is 0. The first-order chi connectivity index (χ1) is 9.90. The number of aryl methyl sites for hydroxylation is 1. The molecule has 0 saturated carbocycles. The maximum Gasteiger partial charge on any atom is 0.229 e. The van der Waals surface area contributed by atoms with E-state index in [1.807, 2.05) is 0 Å². The number of carbonyl (C=O) groups excluding carboxylic acids is 3. The number of nitrogens with zero attached hydrogens (tertiary/aromatic N) is 1. The summed E-state index contributed by atoms with van der Waals surface area (Å²) in [7, 11) is 0. The average Bonchev–Trinajstić information content (AvgIpc) is 2.39. The average molecular weight is 328 g/mol. The summed E-state index contributed by atoms with van der Waals surface area (Å²) in [6.45, 7) is 1.62. The Hall–Kier alpha value is -1.39. The van der Waals surface area contributed by atoms with Crippen LogP contribution in [0.15, 0.2) is 12.1 Å². The SMILES string of the molecule is CC(=O)N1CCCC(=O)c2c(Cl)cc(Cl)cc2CCC1=O. The molecule has 2 amide bonds. The molecule has 1 aromatic rings. The first-order valence-electron chi connectivity index (χ1n) is 6.72. The molecule has 0 fully saturated rings. The van der Waals surface area contributed by atoms with Crippen molar-refractivity contribution < 1.29 is 14.4 Å². The second kappa shape index (κ2) is 6.58. The van der Waals surface area contributed by atoms with Crippen molar-refractivity contribution >= 4 is 40.8 Å². The Morgan fingerprint density at radius 1 is 1.14 bits per heavy atom. The summed E-state index contributed by atoms with van der Waals surface area (Å²) < 4.78 is 0. The van der Waals surface area contributed by atoms with Gasteiger partial charge in [-0.1, -0.05) is 23.2 Å². The first kappa shape index (κ1) is 16.0. The van der Waals surface area contributed by atoms with Gasteiger partial charge in [-0.05, 0) is 30.5 Å². The van der Waals surface area contributed by atoms with Gasteiger partial charge in [0.15, 0.2) is 5.78 Å². The number of hydrogen-bond acceptors (Lipinski definition) is 3. The van der Waals surface area contributed by atoms with Crippen LogP contribution >= 0.6 is 23.2 Å². The van der Waals surface area contributed by atoms with Crippen LogP contribution in [0.5, 0.6) is 0 Å². The normalized spacial score (nSPS) is 16.6. The number of fused-ring (bicyclic) bond motifs is 1. The van der Waals surface area contributed by atoms with E-state index in [0.29, 0.717) is 34.0 Å². The summed E-state index contributed by atoms with van der Waals surface area (Å²) in [5, 5.41) is 0.749. The molecule has 6 heteroatoms. The topological polar surface area (TPSA) is 54.5 Å². The third kappa shape index (κ3) is 3.63. The zero-order valence-corrected chi connectivity index (χ0v) is 13.1. The van der Waals surface area contributed by atoms with Crippen LogP contribution in [0.2, 0.25) is 10.0 Å². The van der Waals surface area contributed by atoms with Crippen LogP contribution in [0.4, 0.5) is 0 Å². The van der Waals surface area contributed by atoms with E-state index in [2.05, 4.69) is 0 Å². The second-order valence-corrected chi connectivity index (χ2v) is 5.86. The van der Waals surface area contributed by atoms with Gasteiger partial charge in [0, 0.05) is 36.9 Å². The lowest BCUT2D eigenvalue weighted by Gasteiger charge is -2.21. The lowest BCUT2D eigenvalue weighted by molar-refractivity contribution is -0.143. The van der Waals surface area contributed by atoms with E-state index in [9.17, 15) is 14.4 Å². The summed E-state index contributed by atoms with van der Waals surface area (Å²) in [5.74, 6) is -0.610. The van der Waals surface area contributed by atoms with Crippen LogP contribution < -0.4 is 0 Å². The van der Waals surface area contributed by atoms with E-state index < -0.39 is 0 Å². The van der Waals surface area contributed by atoms with E-state index in [1.54, 1.807) is 6.07 Å². The smallest absolute Gasteiger partial charge is 0.229 e. The Bertz CT molecular complexity index is 613. The Kier molecular flexibility index (Phi) is 5.01. The Balaban J connectivity index is 2.38. The van der Waals surface area contributed by atoms with Gasteiger partial charge in [-0.15, -0.1) is 0 Å². The van der Waals surface area contributed by atoms with Crippen molar-refractivity contribution in [2.75, 3.05) is 6.54 Å². The Morgan fingerprint density at radius 2 is 1.86 bits per heavy atom. The third-order valence-corrected chi connectivity index (χ3v) is 4.01. The van der Waals surface area contributed by atoms with Crippen LogP contribution in [-0.4, -0.2) is 29.0 Å². The number of amides is 2. The van der Waals surface area contributed by atoms with E-state index in [1.165, 1.54) is 17.9 Å². The summed E-state index contributed by atoms with van der Waals surface area (Å²) in [4.78, 5) is 37.1. The molecule has 2 rings (SSSR count). The van der Waals surface area contributed by atoms with Crippen LogP contribution in [0.1, 0.15) is 42.1 Å². The van der Waals surface area contributed by atoms with Gasteiger partial charge in [-0.25, -0.2) is 0 Å². The number of imide groups is 1. The molecule has 0 N–H and O–H groups in total. The van der Waals surface area contributed by atoms with E-state index >= 15 is 0 Å². The predicted molar refractivity (Wildman–Crippen MR) is 80.7 cm³/mol. The maximum atomic E-state index is 12.3. The van der Waals surface area contributed by atoms with Crippen LogP contribution in [0, 0.1) is 0 Å². The molecule has 0 aliphatic carbocycles. The highest BCUT2D eigenvalue weighted by atomic mass is 35.5. The van der Waals surface area contributed by atoms with E-state index in [-0.39, 0.29) is 37.0 Å². The summed E-state index contributed by atoms with van der Waals surface area (Å²) in [5.41, 5.74) is 1.11. The maximum absolute atomic E-state index is 12.3. The molecule has 0 unspecified atom stereocenters. The number of Topliss-reactive ketones (excluding diaryl/α,β-unsaturated/α-hetero) is 1. The Labute approximate surface area is 133 Å². The minimum absolute atomic E-state index is 0.0792. The Morgan fingerprint density at radius 3 is 2.52 bits per heavy atom. The molecule has 1 aliphatic heterocycles. The monoisotopic (exact) mass is 327 g/mol. The molecule has 0 radical (unpaired) electrons. The van der Waals surface area contributed by atoms with Gasteiger partial charge < -0.3 is 0 Å². The summed E-state index contributed by atoms with van der Waals surface area (Å²) >= 11 is 12.1. The molecule has 1 aliphatic rings. The van der Waals surface area contributed by atoms with Gasteiger partial charge in [0.1, 0.15) is 0 Å². The predicted octanol–water partition coefficient (Wildman–Crippen LogP) is 3.28. The number of ketones is 1. The highest BCUT2D eigenvalue weighted by Gasteiger charge is 2.23. The molecule has 1 heterocycles. The first-order valence-corrected chi connectivity index (χ1v) is 7.48. The van der Waals surface area contributed by atoms with Gasteiger partial charge >= 0.3 is 0 Å². The van der Waals surface area contributed by atoms with Crippen molar-refractivity contribution in [3.8, 4) is 0 Å². The number of rotatable bonds is 0. The molecule has 112 valence electrons. The molecular weight excluding hydrogens is 313 g/mol. The van der Waals surface area contributed by atoms with Crippen LogP contribution in [-0.2, 0) is 16.0 Å². The highest BCUT2D eigenvalue weighted by molar-refractivity contribution is 6.37. The lowest BCUT2D eigenvalue weighted by atomic mass is 9.96. The van der Waals surface area contributed by atoms with E-state index in [0.717, 1.165) is 0 Å². The largest absolute Gasteiger partial charge is 0.294 e. The lowest BCUT2D eigenvalue weighted by Crippen LogP contribution is -2.36. The summed E-state index contributed by atoms with van der Waals surface area (Å²) in [6.07, 6.45) is 1.16. The highest BCUT2D eigenvalue weighted by Crippen LogP contribution is 2.28. The number of halogens is 2. The molecule has 21 heavy (non-hydrogen) atoms. The number of carbonyl (C=O) groups is 3. The minimum Gasteiger partial charge on any atom is -0.294 e. The van der Waals surface area contributed by atoms with Crippen molar-refractivity contribution in [1.29, 1.82) is 0 Å². The van der Waals surface area contributed by atoms with Crippen molar-refractivity contribution in [1.82, 2.24) is 4.90 Å².